The first-order chi connectivity index (χ1) is 9.83. The minimum atomic E-state index is -4.56. The normalized spacial score (nSPS) is 11.3. The van der Waals surface area contributed by atoms with Crippen molar-refractivity contribution in [2.75, 3.05) is 19.7 Å². The zero-order valence-electron chi connectivity index (χ0n) is 12.0. The summed E-state index contributed by atoms with van der Waals surface area (Å²) in [6.07, 6.45) is -4.56. The minimum absolute atomic E-state index is 0.00172. The number of nitrogens with zero attached hydrogens (tertiary/aromatic N) is 1. The second-order valence-corrected chi connectivity index (χ2v) is 4.39. The second kappa shape index (κ2) is 7.31. The molecule has 0 aliphatic rings. The summed E-state index contributed by atoms with van der Waals surface area (Å²) < 4.78 is 43.9. The summed E-state index contributed by atoms with van der Waals surface area (Å²) in [6, 6.07) is 3.59. The number of alkyl halides is 3. The SMILES string of the molecule is CCN(CC)C(=O)COc1ccc(CN)cc1C(F)(F)F. The van der Waals surface area contributed by atoms with Crippen molar-refractivity contribution in [3.05, 3.63) is 29.3 Å². The largest absolute Gasteiger partial charge is 0.483 e. The fourth-order valence-corrected chi connectivity index (χ4v) is 1.86. The monoisotopic (exact) mass is 304 g/mol. The first-order valence-corrected chi connectivity index (χ1v) is 6.64. The molecule has 1 rings (SSSR count). The number of hydrogen-bond donors (Lipinski definition) is 1. The third-order valence-electron chi connectivity index (χ3n) is 3.05. The lowest BCUT2D eigenvalue weighted by Crippen LogP contribution is -2.34. The lowest BCUT2D eigenvalue weighted by atomic mass is 10.1. The van der Waals surface area contributed by atoms with Crippen molar-refractivity contribution >= 4 is 5.91 Å². The lowest BCUT2D eigenvalue weighted by molar-refractivity contribution is -0.141. The zero-order chi connectivity index (χ0) is 16.0. The van der Waals surface area contributed by atoms with E-state index in [-0.39, 0.29) is 18.2 Å². The molecule has 0 radical (unpaired) electrons. The van der Waals surface area contributed by atoms with Crippen molar-refractivity contribution in [3.63, 3.8) is 0 Å². The molecule has 4 nitrogen and oxygen atoms in total. The highest BCUT2D eigenvalue weighted by Crippen LogP contribution is 2.36. The molecule has 0 saturated carbocycles. The van der Waals surface area contributed by atoms with E-state index in [1.165, 1.54) is 17.0 Å². The van der Waals surface area contributed by atoms with Crippen molar-refractivity contribution in [2.45, 2.75) is 26.6 Å². The fourth-order valence-electron chi connectivity index (χ4n) is 1.86. The van der Waals surface area contributed by atoms with Crippen LogP contribution < -0.4 is 10.5 Å². The molecule has 0 fully saturated rings. The number of likely N-dealkylation sites (N-methyl/N-ethyl adjacent to an activating group) is 1. The molecule has 0 heterocycles. The third-order valence-corrected chi connectivity index (χ3v) is 3.05. The maximum atomic E-state index is 13.0. The first-order valence-electron chi connectivity index (χ1n) is 6.64. The van der Waals surface area contributed by atoms with Crippen LogP contribution in [0.15, 0.2) is 18.2 Å². The van der Waals surface area contributed by atoms with Gasteiger partial charge in [0.05, 0.1) is 5.56 Å². The maximum Gasteiger partial charge on any atom is 0.419 e. The Hall–Kier alpha value is -1.76. The third kappa shape index (κ3) is 4.63. The molecule has 7 heteroatoms. The molecule has 118 valence electrons. The lowest BCUT2D eigenvalue weighted by Gasteiger charge is -2.20. The highest BCUT2D eigenvalue weighted by Gasteiger charge is 2.34. The van der Waals surface area contributed by atoms with Gasteiger partial charge in [0, 0.05) is 19.6 Å². The Morgan fingerprint density at radius 3 is 2.38 bits per heavy atom. The molecule has 1 amide bonds. The molecule has 0 aliphatic carbocycles. The smallest absolute Gasteiger partial charge is 0.419 e. The highest BCUT2D eigenvalue weighted by molar-refractivity contribution is 5.77. The van der Waals surface area contributed by atoms with Crippen molar-refractivity contribution in [1.29, 1.82) is 0 Å². The topological polar surface area (TPSA) is 55.6 Å². The van der Waals surface area contributed by atoms with Gasteiger partial charge in [-0.3, -0.25) is 4.79 Å². The van der Waals surface area contributed by atoms with E-state index in [4.69, 9.17) is 10.5 Å². The molecule has 0 spiro atoms. The van der Waals surface area contributed by atoms with Crippen LogP contribution in [0.2, 0.25) is 0 Å². The number of amides is 1. The van der Waals surface area contributed by atoms with Crippen LogP contribution in [-0.2, 0) is 17.5 Å². The van der Waals surface area contributed by atoms with Crippen LogP contribution in [-0.4, -0.2) is 30.5 Å². The fraction of sp³-hybridized carbons (Fsp3) is 0.500. The number of benzene rings is 1. The summed E-state index contributed by atoms with van der Waals surface area (Å²) in [6.45, 7) is 4.12. The molecule has 1 aromatic carbocycles. The van der Waals surface area contributed by atoms with E-state index < -0.39 is 18.3 Å². The maximum absolute atomic E-state index is 13.0. The van der Waals surface area contributed by atoms with Crippen molar-refractivity contribution in [2.24, 2.45) is 5.73 Å². The van der Waals surface area contributed by atoms with Gasteiger partial charge in [0.15, 0.2) is 6.61 Å². The van der Waals surface area contributed by atoms with E-state index in [9.17, 15) is 18.0 Å². The molecule has 2 N–H and O–H groups in total. The van der Waals surface area contributed by atoms with Crippen molar-refractivity contribution in [1.82, 2.24) is 4.90 Å². The molecule has 1 aromatic rings. The number of carbonyl (C=O) groups excluding carboxylic acids is 1. The van der Waals surface area contributed by atoms with Crippen LogP contribution in [0, 0.1) is 0 Å². The highest BCUT2D eigenvalue weighted by atomic mass is 19.4. The molecule has 21 heavy (non-hydrogen) atoms. The van der Waals surface area contributed by atoms with Gasteiger partial charge < -0.3 is 15.4 Å². The van der Waals surface area contributed by atoms with Gasteiger partial charge in [-0.1, -0.05) is 6.07 Å². The van der Waals surface area contributed by atoms with E-state index in [0.29, 0.717) is 18.7 Å². The summed E-state index contributed by atoms with van der Waals surface area (Å²) in [5.41, 5.74) is 4.77. The minimum Gasteiger partial charge on any atom is -0.483 e. The van der Waals surface area contributed by atoms with E-state index in [1.54, 1.807) is 13.8 Å². The second-order valence-electron chi connectivity index (χ2n) is 4.39. The Morgan fingerprint density at radius 2 is 1.90 bits per heavy atom. The van der Waals surface area contributed by atoms with E-state index in [2.05, 4.69) is 0 Å². The van der Waals surface area contributed by atoms with Crippen LogP contribution in [0.3, 0.4) is 0 Å². The zero-order valence-corrected chi connectivity index (χ0v) is 12.0. The number of hydrogen-bond acceptors (Lipinski definition) is 3. The van der Waals surface area contributed by atoms with Crippen LogP contribution in [0.25, 0.3) is 0 Å². The summed E-state index contributed by atoms with van der Waals surface area (Å²) >= 11 is 0. The van der Waals surface area contributed by atoms with Gasteiger partial charge >= 0.3 is 6.18 Å². The molecule has 0 saturated heterocycles. The summed E-state index contributed by atoms with van der Waals surface area (Å²) in [5, 5.41) is 0. The van der Waals surface area contributed by atoms with Gasteiger partial charge in [-0.25, -0.2) is 0 Å². The Balaban J connectivity index is 2.91. The first kappa shape index (κ1) is 17.3. The standard InChI is InChI=1S/C14H19F3N2O2/c1-3-19(4-2)13(20)9-21-12-6-5-10(8-18)7-11(12)14(15,16)17/h5-7H,3-4,8-9,18H2,1-2H3. The Kier molecular flexibility index (Phi) is 6.02. The van der Waals surface area contributed by atoms with Crippen LogP contribution in [0.1, 0.15) is 25.0 Å². The molecule has 0 aromatic heterocycles. The number of halogens is 3. The van der Waals surface area contributed by atoms with Crippen LogP contribution in [0.5, 0.6) is 5.75 Å². The summed E-state index contributed by atoms with van der Waals surface area (Å²) in [7, 11) is 0. The molecule has 0 atom stereocenters. The average Bonchev–Trinajstić information content (AvgIpc) is 2.45. The van der Waals surface area contributed by atoms with Gasteiger partial charge in [-0.15, -0.1) is 0 Å². The Bertz CT molecular complexity index is 486. The van der Waals surface area contributed by atoms with Crippen LogP contribution in [0.4, 0.5) is 13.2 Å². The molecular formula is C14H19F3N2O2. The van der Waals surface area contributed by atoms with E-state index in [1.807, 2.05) is 0 Å². The molecule has 0 aliphatic heterocycles. The van der Waals surface area contributed by atoms with E-state index >= 15 is 0 Å². The van der Waals surface area contributed by atoms with Gasteiger partial charge in [0.25, 0.3) is 5.91 Å². The molecular weight excluding hydrogens is 285 g/mol. The van der Waals surface area contributed by atoms with Gasteiger partial charge in [0.2, 0.25) is 0 Å². The molecule has 0 unspecified atom stereocenters. The number of ether oxygens (including phenoxy) is 1. The number of rotatable bonds is 6. The summed E-state index contributed by atoms with van der Waals surface area (Å²) in [4.78, 5) is 13.3. The van der Waals surface area contributed by atoms with Crippen molar-refractivity contribution < 1.29 is 22.7 Å². The van der Waals surface area contributed by atoms with Gasteiger partial charge in [-0.05, 0) is 31.5 Å². The molecule has 0 bridgehead atoms. The van der Waals surface area contributed by atoms with Gasteiger partial charge in [0.1, 0.15) is 5.75 Å². The van der Waals surface area contributed by atoms with E-state index in [0.717, 1.165) is 6.07 Å². The summed E-state index contributed by atoms with van der Waals surface area (Å²) in [5.74, 6) is -0.712. The predicted molar refractivity (Wildman–Crippen MR) is 72.8 cm³/mol. The average molecular weight is 304 g/mol. The van der Waals surface area contributed by atoms with Gasteiger partial charge in [-0.2, -0.15) is 13.2 Å². The Labute approximate surface area is 121 Å². The number of carbonyl (C=O) groups is 1. The Morgan fingerprint density at radius 1 is 1.29 bits per heavy atom. The van der Waals surface area contributed by atoms with Crippen molar-refractivity contribution in [3.8, 4) is 5.75 Å². The number of nitrogens with two attached hydrogens (primary N) is 1. The quantitative estimate of drug-likeness (QED) is 0.878. The predicted octanol–water partition coefficient (Wildman–Crippen LogP) is 2.41. The van der Waals surface area contributed by atoms with Crippen LogP contribution >= 0.6 is 0 Å².